The zero-order valence-electron chi connectivity index (χ0n) is 16.8. The highest BCUT2D eigenvalue weighted by atomic mass is 16.5. The second-order valence-electron chi connectivity index (χ2n) is 7.58. The van der Waals surface area contributed by atoms with Crippen LogP contribution in [0.15, 0.2) is 41.2 Å². The highest BCUT2D eigenvalue weighted by Gasteiger charge is 2.20. The van der Waals surface area contributed by atoms with Gasteiger partial charge in [0.1, 0.15) is 5.82 Å². The zero-order chi connectivity index (χ0) is 20.8. The number of nitrogens with one attached hydrogen (secondary N) is 1. The van der Waals surface area contributed by atoms with E-state index in [9.17, 15) is 9.90 Å². The van der Waals surface area contributed by atoms with Gasteiger partial charge < -0.3 is 14.9 Å². The van der Waals surface area contributed by atoms with Crippen LogP contribution in [0.3, 0.4) is 0 Å². The molecule has 0 bridgehead atoms. The predicted octanol–water partition coefficient (Wildman–Crippen LogP) is 3.19. The summed E-state index contributed by atoms with van der Waals surface area (Å²) >= 11 is 0. The average Bonchev–Trinajstić information content (AvgIpc) is 3.21. The Bertz CT molecular complexity index is 989. The SMILES string of the molecule is O=C(O)CC(Cc1nc(CCCc2ccc3c(n2)NCCC3)no1)c1cccnc1. The van der Waals surface area contributed by atoms with Gasteiger partial charge in [-0.3, -0.25) is 9.78 Å². The molecule has 4 heterocycles. The molecule has 3 aromatic heterocycles. The summed E-state index contributed by atoms with van der Waals surface area (Å²) in [6, 6.07) is 7.93. The van der Waals surface area contributed by atoms with Gasteiger partial charge in [0.05, 0.1) is 6.42 Å². The first-order valence-electron chi connectivity index (χ1n) is 10.3. The summed E-state index contributed by atoms with van der Waals surface area (Å²) in [5.74, 6) is 0.991. The third kappa shape index (κ3) is 5.20. The van der Waals surface area contributed by atoms with Gasteiger partial charge in [-0.25, -0.2) is 4.98 Å². The standard InChI is InChI=1S/C22H25N5O3/c28-21(29)13-17(16-5-2-10-23-14-16)12-20-26-19(27-30-20)7-1-6-18-9-8-15-4-3-11-24-22(15)25-18/h2,5,8-10,14,17H,1,3-4,6-7,11-13H2,(H,24,25)(H,28,29). The number of anilines is 1. The maximum Gasteiger partial charge on any atom is 0.303 e. The molecule has 3 aromatic rings. The Morgan fingerprint density at radius 1 is 1.23 bits per heavy atom. The van der Waals surface area contributed by atoms with Crippen molar-refractivity contribution in [3.63, 3.8) is 0 Å². The fourth-order valence-electron chi connectivity index (χ4n) is 3.76. The molecule has 0 spiro atoms. The summed E-state index contributed by atoms with van der Waals surface area (Å²) in [7, 11) is 0. The van der Waals surface area contributed by atoms with Gasteiger partial charge >= 0.3 is 5.97 Å². The first-order valence-corrected chi connectivity index (χ1v) is 10.3. The molecule has 1 atom stereocenters. The van der Waals surface area contributed by atoms with Crippen molar-refractivity contribution in [3.8, 4) is 0 Å². The number of pyridine rings is 2. The molecule has 8 nitrogen and oxygen atoms in total. The number of rotatable bonds is 9. The van der Waals surface area contributed by atoms with E-state index in [-0.39, 0.29) is 12.3 Å². The van der Waals surface area contributed by atoms with E-state index in [0.29, 0.717) is 24.6 Å². The number of aromatic nitrogens is 4. The van der Waals surface area contributed by atoms with Crippen LogP contribution >= 0.6 is 0 Å². The van der Waals surface area contributed by atoms with Crippen LogP contribution < -0.4 is 5.32 Å². The van der Waals surface area contributed by atoms with Gasteiger partial charge in [-0.2, -0.15) is 4.98 Å². The van der Waals surface area contributed by atoms with Crippen LogP contribution in [-0.4, -0.2) is 37.7 Å². The average molecular weight is 407 g/mol. The minimum Gasteiger partial charge on any atom is -0.481 e. The highest BCUT2D eigenvalue weighted by molar-refractivity contribution is 5.68. The Hall–Kier alpha value is -3.29. The molecule has 30 heavy (non-hydrogen) atoms. The van der Waals surface area contributed by atoms with Crippen LogP contribution in [-0.2, 0) is 30.5 Å². The van der Waals surface area contributed by atoms with E-state index in [0.717, 1.165) is 49.3 Å². The number of hydrogen-bond acceptors (Lipinski definition) is 7. The van der Waals surface area contributed by atoms with Crippen molar-refractivity contribution in [2.75, 3.05) is 11.9 Å². The molecular formula is C22H25N5O3. The molecule has 0 aliphatic carbocycles. The third-order valence-corrected chi connectivity index (χ3v) is 5.29. The Balaban J connectivity index is 1.33. The van der Waals surface area contributed by atoms with E-state index in [2.05, 4.69) is 32.6 Å². The Morgan fingerprint density at radius 3 is 3.00 bits per heavy atom. The normalized spacial score (nSPS) is 14.0. The van der Waals surface area contributed by atoms with Gasteiger partial charge in [0.2, 0.25) is 5.89 Å². The molecule has 0 fully saturated rings. The van der Waals surface area contributed by atoms with E-state index in [1.165, 1.54) is 5.56 Å². The van der Waals surface area contributed by atoms with E-state index in [4.69, 9.17) is 9.51 Å². The monoisotopic (exact) mass is 407 g/mol. The van der Waals surface area contributed by atoms with Crippen molar-refractivity contribution in [3.05, 3.63) is 65.2 Å². The van der Waals surface area contributed by atoms with Gasteiger partial charge in [0.25, 0.3) is 0 Å². The summed E-state index contributed by atoms with van der Waals surface area (Å²) in [5, 5.41) is 16.7. The number of carbonyl (C=O) groups is 1. The molecule has 0 radical (unpaired) electrons. The summed E-state index contributed by atoms with van der Waals surface area (Å²) < 4.78 is 5.38. The molecule has 8 heteroatoms. The van der Waals surface area contributed by atoms with Crippen molar-refractivity contribution >= 4 is 11.8 Å². The number of fused-ring (bicyclic) bond motifs is 1. The first kappa shape index (κ1) is 20.0. The van der Waals surface area contributed by atoms with E-state index in [1.807, 2.05) is 6.07 Å². The number of nitrogens with zero attached hydrogens (tertiary/aromatic N) is 4. The second kappa shape index (κ2) is 9.47. The van der Waals surface area contributed by atoms with Crippen LogP contribution in [0, 0.1) is 0 Å². The quantitative estimate of drug-likeness (QED) is 0.556. The Kier molecular flexibility index (Phi) is 6.32. The van der Waals surface area contributed by atoms with Gasteiger partial charge in [-0.05, 0) is 48.9 Å². The maximum absolute atomic E-state index is 11.2. The lowest BCUT2D eigenvalue weighted by molar-refractivity contribution is -0.137. The lowest BCUT2D eigenvalue weighted by Gasteiger charge is -2.17. The van der Waals surface area contributed by atoms with Crippen molar-refractivity contribution < 1.29 is 14.4 Å². The summed E-state index contributed by atoms with van der Waals surface area (Å²) in [6.07, 6.45) is 8.36. The van der Waals surface area contributed by atoms with Crippen LogP contribution in [0.25, 0.3) is 0 Å². The van der Waals surface area contributed by atoms with Gasteiger partial charge in [0, 0.05) is 43.4 Å². The predicted molar refractivity (Wildman–Crippen MR) is 110 cm³/mol. The summed E-state index contributed by atoms with van der Waals surface area (Å²) in [6.45, 7) is 0.983. The fourth-order valence-corrected chi connectivity index (χ4v) is 3.76. The van der Waals surface area contributed by atoms with E-state index >= 15 is 0 Å². The van der Waals surface area contributed by atoms with Crippen LogP contribution in [0.5, 0.6) is 0 Å². The largest absolute Gasteiger partial charge is 0.481 e. The fraction of sp³-hybridized carbons (Fsp3) is 0.409. The maximum atomic E-state index is 11.2. The highest BCUT2D eigenvalue weighted by Crippen LogP contribution is 2.24. The molecule has 0 saturated heterocycles. The molecule has 1 unspecified atom stereocenters. The third-order valence-electron chi connectivity index (χ3n) is 5.29. The number of aliphatic carboxylic acids is 1. The minimum absolute atomic E-state index is 0.0125. The minimum atomic E-state index is -0.865. The van der Waals surface area contributed by atoms with Crippen LogP contribution in [0.4, 0.5) is 5.82 Å². The molecule has 0 amide bonds. The smallest absolute Gasteiger partial charge is 0.303 e. The first-order chi connectivity index (χ1) is 14.7. The van der Waals surface area contributed by atoms with Crippen molar-refractivity contribution in [2.45, 2.75) is 50.9 Å². The van der Waals surface area contributed by atoms with Crippen LogP contribution in [0.2, 0.25) is 0 Å². The lowest BCUT2D eigenvalue weighted by atomic mass is 9.94. The number of hydrogen-bond donors (Lipinski definition) is 2. The molecule has 4 rings (SSSR count). The van der Waals surface area contributed by atoms with Crippen molar-refractivity contribution in [2.24, 2.45) is 0 Å². The molecule has 1 aliphatic rings. The molecule has 156 valence electrons. The van der Waals surface area contributed by atoms with Gasteiger partial charge in [-0.15, -0.1) is 0 Å². The van der Waals surface area contributed by atoms with Gasteiger partial charge in [0.15, 0.2) is 5.82 Å². The van der Waals surface area contributed by atoms with Crippen molar-refractivity contribution in [1.82, 2.24) is 20.1 Å². The van der Waals surface area contributed by atoms with Gasteiger partial charge in [-0.1, -0.05) is 17.3 Å². The number of carboxylic acid groups (broad SMARTS) is 1. The topological polar surface area (TPSA) is 114 Å². The van der Waals surface area contributed by atoms with Crippen LogP contribution in [0.1, 0.15) is 53.7 Å². The van der Waals surface area contributed by atoms with E-state index in [1.54, 1.807) is 18.5 Å². The molecule has 1 aliphatic heterocycles. The second-order valence-corrected chi connectivity index (χ2v) is 7.58. The Morgan fingerprint density at radius 2 is 2.17 bits per heavy atom. The lowest BCUT2D eigenvalue weighted by Crippen LogP contribution is -2.14. The summed E-state index contributed by atoms with van der Waals surface area (Å²) in [5.41, 5.74) is 3.20. The number of aryl methyl sites for hydroxylation is 3. The molecular weight excluding hydrogens is 382 g/mol. The van der Waals surface area contributed by atoms with Crippen molar-refractivity contribution in [1.29, 1.82) is 0 Å². The summed E-state index contributed by atoms with van der Waals surface area (Å²) in [4.78, 5) is 24.5. The molecule has 0 saturated carbocycles. The van der Waals surface area contributed by atoms with E-state index < -0.39 is 5.97 Å². The molecule has 2 N–H and O–H groups in total. The Labute approximate surface area is 174 Å². The molecule has 0 aromatic carbocycles. The number of carboxylic acids is 1. The zero-order valence-corrected chi connectivity index (χ0v) is 16.8.